The zero-order chi connectivity index (χ0) is 16.0. The van der Waals surface area contributed by atoms with Crippen molar-refractivity contribution in [2.75, 3.05) is 0 Å². The third-order valence-corrected chi connectivity index (χ3v) is 3.71. The fraction of sp³-hybridized carbons (Fsp3) is 0.316. The molecule has 0 bridgehead atoms. The largest absolute Gasteiger partial charge is 0.416 e. The van der Waals surface area contributed by atoms with Crippen LogP contribution in [0.1, 0.15) is 36.8 Å². The van der Waals surface area contributed by atoms with Crippen LogP contribution in [0, 0.1) is 6.92 Å². The molecule has 2 aromatic carbocycles. The second kappa shape index (κ2) is 7.48. The average Bonchev–Trinajstić information content (AvgIpc) is 2.51. The Morgan fingerprint density at radius 3 is 1.77 bits per heavy atom. The molecule has 0 N–H and O–H groups in total. The summed E-state index contributed by atoms with van der Waals surface area (Å²) < 4.78 is 37.6. The molecule has 22 heavy (non-hydrogen) atoms. The van der Waals surface area contributed by atoms with Crippen LogP contribution in [-0.2, 0) is 12.6 Å². The maximum Gasteiger partial charge on any atom is 0.416 e. The molecule has 2 aromatic rings. The highest BCUT2D eigenvalue weighted by Gasteiger charge is 2.29. The van der Waals surface area contributed by atoms with Gasteiger partial charge in [-0.05, 0) is 41.7 Å². The summed E-state index contributed by atoms with van der Waals surface area (Å²) in [6.07, 6.45) is 1.22. The highest BCUT2D eigenvalue weighted by molar-refractivity contribution is 5.64. The molecule has 0 saturated carbocycles. The predicted octanol–water partition coefficient (Wildman–Crippen LogP) is 6.31. The number of aryl methyl sites for hydroxylation is 1. The monoisotopic (exact) mass is 305 g/mol. The minimum Gasteiger partial charge on any atom is -0.166 e. The van der Waals surface area contributed by atoms with Crippen molar-refractivity contribution >= 4 is 0 Å². The molecule has 0 nitrogen and oxygen atoms in total. The molecule has 0 atom stereocenters. The number of halogens is 3. The first kappa shape index (κ1) is 16.6. The fourth-order valence-electron chi connectivity index (χ4n) is 2.40. The minimum absolute atomic E-state index is 0.613. The Morgan fingerprint density at radius 1 is 0.727 bits per heavy atom. The van der Waals surface area contributed by atoms with Gasteiger partial charge in [-0.15, -0.1) is 0 Å². The van der Waals surface area contributed by atoms with Gasteiger partial charge in [-0.3, -0.25) is 0 Å². The number of benzene rings is 2. The number of alkyl halides is 3. The van der Waals surface area contributed by atoms with Crippen molar-refractivity contribution in [1.29, 1.82) is 0 Å². The second-order valence-electron chi connectivity index (χ2n) is 5.44. The molecule has 0 spiro atoms. The molecule has 0 aliphatic carbocycles. The van der Waals surface area contributed by atoms with Crippen LogP contribution < -0.4 is 0 Å². The number of hydrogen-bond acceptors (Lipinski definition) is 0. The van der Waals surface area contributed by atoms with E-state index in [1.807, 2.05) is 12.1 Å². The van der Waals surface area contributed by atoms with Crippen LogP contribution in [0.3, 0.4) is 0 Å². The molecule has 0 aliphatic rings. The van der Waals surface area contributed by atoms with E-state index in [1.54, 1.807) is 0 Å². The summed E-state index contributed by atoms with van der Waals surface area (Å²) in [4.78, 5) is 0. The third-order valence-electron chi connectivity index (χ3n) is 3.71. The van der Waals surface area contributed by atoms with Gasteiger partial charge in [0.05, 0.1) is 5.56 Å². The van der Waals surface area contributed by atoms with Crippen LogP contribution >= 0.6 is 0 Å². The van der Waals surface area contributed by atoms with E-state index in [1.165, 1.54) is 24.1 Å². The van der Waals surface area contributed by atoms with Gasteiger partial charge in [0.25, 0.3) is 0 Å². The van der Waals surface area contributed by atoms with Crippen LogP contribution in [0.2, 0.25) is 0 Å². The molecule has 0 aliphatic heterocycles. The van der Waals surface area contributed by atoms with E-state index in [9.17, 15) is 13.2 Å². The summed E-state index contributed by atoms with van der Waals surface area (Å²) in [5, 5.41) is 0. The first-order valence-corrected chi connectivity index (χ1v) is 7.56. The summed E-state index contributed by atoms with van der Waals surface area (Å²) in [6.45, 7) is 3.83. The Morgan fingerprint density at radius 2 is 1.27 bits per heavy atom. The molecule has 0 unspecified atom stereocenters. The van der Waals surface area contributed by atoms with E-state index >= 15 is 0 Å². The topological polar surface area (TPSA) is 0 Å². The lowest BCUT2D eigenvalue weighted by molar-refractivity contribution is -0.137. The SMILES string of the molecule is [CH2]CCCCCc1ccc(-c2ccc(C(F)(F)F)cc2)cc1. The predicted molar refractivity (Wildman–Crippen MR) is 84.4 cm³/mol. The molecule has 0 amide bonds. The Kier molecular flexibility index (Phi) is 5.64. The van der Waals surface area contributed by atoms with Crippen molar-refractivity contribution in [2.45, 2.75) is 38.3 Å². The molecule has 1 radical (unpaired) electrons. The maximum absolute atomic E-state index is 12.5. The van der Waals surface area contributed by atoms with Gasteiger partial charge in [0.1, 0.15) is 0 Å². The van der Waals surface area contributed by atoms with Crippen molar-refractivity contribution in [3.05, 3.63) is 66.6 Å². The lowest BCUT2D eigenvalue weighted by atomic mass is 10.00. The van der Waals surface area contributed by atoms with Crippen LogP contribution in [0.25, 0.3) is 11.1 Å². The van der Waals surface area contributed by atoms with Gasteiger partial charge >= 0.3 is 6.18 Å². The van der Waals surface area contributed by atoms with Crippen LogP contribution in [0.5, 0.6) is 0 Å². The summed E-state index contributed by atoms with van der Waals surface area (Å²) in [5.74, 6) is 0. The zero-order valence-corrected chi connectivity index (χ0v) is 12.5. The van der Waals surface area contributed by atoms with E-state index in [0.717, 1.165) is 48.9 Å². The first-order valence-electron chi connectivity index (χ1n) is 7.56. The number of rotatable bonds is 6. The highest BCUT2D eigenvalue weighted by atomic mass is 19.4. The molecular weight excluding hydrogens is 285 g/mol. The van der Waals surface area contributed by atoms with E-state index in [2.05, 4.69) is 19.1 Å². The van der Waals surface area contributed by atoms with E-state index in [4.69, 9.17) is 0 Å². The van der Waals surface area contributed by atoms with Gasteiger partial charge in [0.2, 0.25) is 0 Å². The zero-order valence-electron chi connectivity index (χ0n) is 12.5. The highest BCUT2D eigenvalue weighted by Crippen LogP contribution is 2.31. The summed E-state index contributed by atoms with van der Waals surface area (Å²) >= 11 is 0. The Hall–Kier alpha value is -1.77. The minimum atomic E-state index is -4.28. The molecule has 0 saturated heterocycles. The molecule has 0 heterocycles. The summed E-state index contributed by atoms with van der Waals surface area (Å²) in [6, 6.07) is 13.3. The van der Waals surface area contributed by atoms with Gasteiger partial charge < -0.3 is 0 Å². The van der Waals surface area contributed by atoms with Gasteiger partial charge in [0, 0.05) is 0 Å². The van der Waals surface area contributed by atoms with E-state index < -0.39 is 11.7 Å². The Labute approximate surface area is 130 Å². The molecule has 0 fully saturated rings. The lowest BCUT2D eigenvalue weighted by Crippen LogP contribution is -2.03. The number of unbranched alkanes of at least 4 members (excludes halogenated alkanes) is 3. The van der Waals surface area contributed by atoms with Crippen molar-refractivity contribution < 1.29 is 13.2 Å². The summed E-state index contributed by atoms with van der Waals surface area (Å²) in [7, 11) is 0. The quantitative estimate of drug-likeness (QED) is 0.549. The first-order chi connectivity index (χ1) is 10.5. The second-order valence-corrected chi connectivity index (χ2v) is 5.44. The Bertz CT molecular complexity index is 565. The van der Waals surface area contributed by atoms with Gasteiger partial charge in [-0.1, -0.05) is 62.6 Å². The van der Waals surface area contributed by atoms with E-state index in [0.29, 0.717) is 0 Å². The standard InChI is InChI=1S/C19H20F3/c1-2-3-4-5-6-15-7-9-16(10-8-15)17-11-13-18(14-12-17)19(20,21)22/h7-14H,1-6H2. The maximum atomic E-state index is 12.5. The van der Waals surface area contributed by atoms with Gasteiger partial charge in [0.15, 0.2) is 0 Å². The molecule has 2 rings (SSSR count). The van der Waals surface area contributed by atoms with Crippen molar-refractivity contribution in [3.8, 4) is 11.1 Å². The van der Waals surface area contributed by atoms with Gasteiger partial charge in [-0.25, -0.2) is 0 Å². The van der Waals surface area contributed by atoms with Crippen molar-refractivity contribution in [2.24, 2.45) is 0 Å². The Balaban J connectivity index is 2.01. The lowest BCUT2D eigenvalue weighted by Gasteiger charge is -2.08. The molecular formula is C19H20F3. The van der Waals surface area contributed by atoms with Crippen molar-refractivity contribution in [3.63, 3.8) is 0 Å². The fourth-order valence-corrected chi connectivity index (χ4v) is 2.40. The van der Waals surface area contributed by atoms with Crippen molar-refractivity contribution in [1.82, 2.24) is 0 Å². The van der Waals surface area contributed by atoms with Crippen LogP contribution in [0.4, 0.5) is 13.2 Å². The third kappa shape index (κ3) is 4.62. The normalized spacial score (nSPS) is 11.6. The molecule has 3 heteroatoms. The van der Waals surface area contributed by atoms with Crippen LogP contribution in [0.15, 0.2) is 48.5 Å². The molecule has 0 aromatic heterocycles. The average molecular weight is 305 g/mol. The molecule has 117 valence electrons. The van der Waals surface area contributed by atoms with E-state index in [-0.39, 0.29) is 0 Å². The summed E-state index contributed by atoms with van der Waals surface area (Å²) in [5.41, 5.74) is 2.39. The van der Waals surface area contributed by atoms with Crippen LogP contribution in [-0.4, -0.2) is 0 Å². The smallest absolute Gasteiger partial charge is 0.166 e. The van der Waals surface area contributed by atoms with Gasteiger partial charge in [-0.2, -0.15) is 13.2 Å². The number of hydrogen-bond donors (Lipinski definition) is 0.